The molecule has 1 heterocycles. The van der Waals surface area contributed by atoms with Crippen LogP contribution >= 0.6 is 0 Å². The van der Waals surface area contributed by atoms with Gasteiger partial charge in [0.15, 0.2) is 5.70 Å². The molecule has 3 rings (SSSR count). The summed E-state index contributed by atoms with van der Waals surface area (Å²) in [7, 11) is 1.61. The summed E-state index contributed by atoms with van der Waals surface area (Å²) >= 11 is 0. The SMILES string of the molecule is COc1ccccc1C=CC1=NC(=Cc2ccc(C)cc2)C(=O)O1. The second-order valence-electron chi connectivity index (χ2n) is 5.36. The number of para-hydroxylation sites is 1. The number of cyclic esters (lactones) is 1. The minimum Gasteiger partial charge on any atom is -0.496 e. The van der Waals surface area contributed by atoms with Crippen LogP contribution in [0.4, 0.5) is 0 Å². The van der Waals surface area contributed by atoms with Gasteiger partial charge in [-0.3, -0.25) is 0 Å². The zero-order chi connectivity index (χ0) is 16.9. The Balaban J connectivity index is 1.81. The van der Waals surface area contributed by atoms with Crippen molar-refractivity contribution in [1.82, 2.24) is 0 Å². The lowest BCUT2D eigenvalue weighted by Crippen LogP contribution is -2.01. The molecular weight excluding hydrogens is 302 g/mol. The van der Waals surface area contributed by atoms with E-state index in [9.17, 15) is 4.79 Å². The van der Waals surface area contributed by atoms with Crippen LogP contribution in [0.25, 0.3) is 12.2 Å². The minimum atomic E-state index is -0.449. The number of ether oxygens (including phenoxy) is 2. The van der Waals surface area contributed by atoms with E-state index < -0.39 is 5.97 Å². The zero-order valence-electron chi connectivity index (χ0n) is 13.5. The molecule has 0 radical (unpaired) electrons. The van der Waals surface area contributed by atoms with Gasteiger partial charge in [0.05, 0.1) is 7.11 Å². The van der Waals surface area contributed by atoms with Crippen LogP contribution < -0.4 is 4.74 Å². The number of hydrogen-bond donors (Lipinski definition) is 0. The van der Waals surface area contributed by atoms with Crippen LogP contribution in [0.2, 0.25) is 0 Å². The molecule has 0 saturated heterocycles. The van der Waals surface area contributed by atoms with Gasteiger partial charge in [-0.25, -0.2) is 9.79 Å². The van der Waals surface area contributed by atoms with Crippen molar-refractivity contribution in [3.8, 4) is 5.75 Å². The lowest BCUT2D eigenvalue weighted by Gasteiger charge is -2.02. The van der Waals surface area contributed by atoms with Crippen LogP contribution in [0.1, 0.15) is 16.7 Å². The Morgan fingerprint density at radius 2 is 1.79 bits per heavy atom. The summed E-state index contributed by atoms with van der Waals surface area (Å²) in [6.07, 6.45) is 5.18. The van der Waals surface area contributed by atoms with Crippen LogP contribution in [0.15, 0.2) is 65.3 Å². The summed E-state index contributed by atoms with van der Waals surface area (Å²) in [5.74, 6) is 0.564. The Hall–Kier alpha value is -3.14. The second-order valence-corrected chi connectivity index (χ2v) is 5.36. The van der Waals surface area contributed by atoms with Gasteiger partial charge in [0.25, 0.3) is 0 Å². The first-order valence-electron chi connectivity index (χ1n) is 7.56. The average molecular weight is 319 g/mol. The largest absolute Gasteiger partial charge is 0.496 e. The molecule has 0 atom stereocenters. The van der Waals surface area contributed by atoms with Crippen molar-refractivity contribution in [3.63, 3.8) is 0 Å². The number of benzene rings is 2. The van der Waals surface area contributed by atoms with Crippen molar-refractivity contribution >= 4 is 24.0 Å². The number of carbonyl (C=O) groups is 1. The van der Waals surface area contributed by atoms with Crippen LogP contribution in [0.5, 0.6) is 5.75 Å². The molecule has 4 nitrogen and oxygen atoms in total. The molecule has 0 aliphatic carbocycles. The third-order valence-electron chi connectivity index (χ3n) is 3.56. The fourth-order valence-corrected chi connectivity index (χ4v) is 2.28. The van der Waals surface area contributed by atoms with E-state index in [1.807, 2.05) is 55.5 Å². The first-order chi connectivity index (χ1) is 11.7. The van der Waals surface area contributed by atoms with Gasteiger partial charge in [-0.1, -0.05) is 48.0 Å². The molecular formula is C20H17NO3. The maximum absolute atomic E-state index is 11.9. The molecule has 0 N–H and O–H groups in total. The maximum atomic E-state index is 11.9. The van der Waals surface area contributed by atoms with Gasteiger partial charge in [0.2, 0.25) is 5.90 Å². The van der Waals surface area contributed by atoms with Crippen LogP contribution in [-0.2, 0) is 9.53 Å². The number of esters is 1. The van der Waals surface area contributed by atoms with E-state index in [1.54, 1.807) is 25.3 Å². The number of hydrogen-bond acceptors (Lipinski definition) is 4. The minimum absolute atomic E-state index is 0.268. The normalized spacial score (nSPS) is 15.7. The van der Waals surface area contributed by atoms with E-state index in [4.69, 9.17) is 9.47 Å². The van der Waals surface area contributed by atoms with Crippen molar-refractivity contribution < 1.29 is 14.3 Å². The van der Waals surface area contributed by atoms with Crippen molar-refractivity contribution in [2.45, 2.75) is 6.92 Å². The predicted octanol–water partition coefficient (Wildman–Crippen LogP) is 4.01. The Kier molecular flexibility index (Phi) is 4.57. The molecule has 0 spiro atoms. The Morgan fingerprint density at radius 3 is 2.54 bits per heavy atom. The fourth-order valence-electron chi connectivity index (χ4n) is 2.28. The van der Waals surface area contributed by atoms with Gasteiger partial charge < -0.3 is 9.47 Å². The molecule has 1 aliphatic heterocycles. The Labute approximate surface area is 140 Å². The van der Waals surface area contributed by atoms with Crippen molar-refractivity contribution in [2.75, 3.05) is 7.11 Å². The summed E-state index contributed by atoms with van der Waals surface area (Å²) in [4.78, 5) is 16.2. The molecule has 0 amide bonds. The highest BCUT2D eigenvalue weighted by molar-refractivity contribution is 6.11. The third-order valence-corrected chi connectivity index (χ3v) is 3.56. The molecule has 2 aromatic rings. The number of rotatable bonds is 4. The first-order valence-corrected chi connectivity index (χ1v) is 7.56. The van der Waals surface area contributed by atoms with E-state index in [0.29, 0.717) is 5.70 Å². The third kappa shape index (κ3) is 3.60. The highest BCUT2D eigenvalue weighted by atomic mass is 16.6. The Morgan fingerprint density at radius 1 is 1.04 bits per heavy atom. The van der Waals surface area contributed by atoms with Gasteiger partial charge >= 0.3 is 5.97 Å². The lowest BCUT2D eigenvalue weighted by molar-refractivity contribution is -0.129. The van der Waals surface area contributed by atoms with Crippen LogP contribution in [0, 0.1) is 6.92 Å². The first kappa shape index (κ1) is 15.7. The van der Waals surface area contributed by atoms with Crippen LogP contribution in [0.3, 0.4) is 0 Å². The van der Waals surface area contributed by atoms with E-state index in [0.717, 1.165) is 22.4 Å². The molecule has 4 heteroatoms. The number of aliphatic imine (C=N–C) groups is 1. The Bertz CT molecular complexity index is 845. The number of aryl methyl sites for hydroxylation is 1. The van der Waals surface area contributed by atoms with Gasteiger partial charge in [-0.15, -0.1) is 0 Å². The summed E-state index contributed by atoms with van der Waals surface area (Å²) in [6, 6.07) is 15.4. The summed E-state index contributed by atoms with van der Waals surface area (Å²) in [6.45, 7) is 2.01. The van der Waals surface area contributed by atoms with Crippen LogP contribution in [-0.4, -0.2) is 19.0 Å². The quantitative estimate of drug-likeness (QED) is 0.632. The lowest BCUT2D eigenvalue weighted by atomic mass is 10.1. The summed E-state index contributed by atoms with van der Waals surface area (Å²) < 4.78 is 10.5. The molecule has 0 bridgehead atoms. The van der Waals surface area contributed by atoms with Crippen molar-refractivity contribution in [2.24, 2.45) is 4.99 Å². The van der Waals surface area contributed by atoms with E-state index >= 15 is 0 Å². The van der Waals surface area contributed by atoms with E-state index in [2.05, 4.69) is 4.99 Å². The summed E-state index contributed by atoms with van der Waals surface area (Å²) in [5, 5.41) is 0. The maximum Gasteiger partial charge on any atom is 0.363 e. The zero-order valence-corrected chi connectivity index (χ0v) is 13.5. The molecule has 0 unspecified atom stereocenters. The van der Waals surface area contributed by atoms with E-state index in [-0.39, 0.29) is 5.90 Å². The van der Waals surface area contributed by atoms with E-state index in [1.165, 1.54) is 0 Å². The molecule has 120 valence electrons. The highest BCUT2D eigenvalue weighted by Gasteiger charge is 2.21. The number of carbonyl (C=O) groups excluding carboxylic acids is 1. The van der Waals surface area contributed by atoms with Crippen molar-refractivity contribution in [3.05, 3.63) is 77.0 Å². The van der Waals surface area contributed by atoms with Gasteiger partial charge in [-0.2, -0.15) is 0 Å². The molecule has 0 aromatic heterocycles. The number of nitrogens with zero attached hydrogens (tertiary/aromatic N) is 1. The number of methoxy groups -OCH3 is 1. The predicted molar refractivity (Wildman–Crippen MR) is 94.7 cm³/mol. The molecule has 24 heavy (non-hydrogen) atoms. The standard InChI is InChI=1S/C20H17NO3/c1-14-7-9-15(10-8-14)13-17-20(22)24-19(21-17)12-11-16-5-3-4-6-18(16)23-2/h3-13H,1-2H3. The average Bonchev–Trinajstić information content (AvgIpc) is 2.95. The topological polar surface area (TPSA) is 47.9 Å². The highest BCUT2D eigenvalue weighted by Crippen LogP contribution is 2.20. The summed E-state index contributed by atoms with van der Waals surface area (Å²) in [5.41, 5.74) is 3.24. The second kappa shape index (κ2) is 6.96. The molecule has 0 saturated carbocycles. The van der Waals surface area contributed by atoms with Crippen molar-refractivity contribution in [1.29, 1.82) is 0 Å². The monoisotopic (exact) mass is 319 g/mol. The van der Waals surface area contributed by atoms with Gasteiger partial charge in [0.1, 0.15) is 5.75 Å². The van der Waals surface area contributed by atoms with Gasteiger partial charge in [-0.05, 0) is 30.7 Å². The fraction of sp³-hybridized carbons (Fsp3) is 0.100. The van der Waals surface area contributed by atoms with Gasteiger partial charge in [0, 0.05) is 11.6 Å². The molecule has 1 aliphatic rings. The molecule has 2 aromatic carbocycles. The molecule has 0 fully saturated rings. The smallest absolute Gasteiger partial charge is 0.363 e.